The number of carbonyl (C=O) groups is 2. The number of amides is 1. The molecular formula is C18H11Cl2NO3S2. The Balaban J connectivity index is 1.96. The highest BCUT2D eigenvalue weighted by molar-refractivity contribution is 8.26. The first-order valence-electron chi connectivity index (χ1n) is 7.38. The van der Waals surface area contributed by atoms with Crippen molar-refractivity contribution in [2.24, 2.45) is 0 Å². The molecule has 4 nitrogen and oxygen atoms in total. The molecule has 0 radical (unpaired) electrons. The van der Waals surface area contributed by atoms with Gasteiger partial charge in [0.05, 0.1) is 15.0 Å². The highest BCUT2D eigenvalue weighted by atomic mass is 35.5. The van der Waals surface area contributed by atoms with E-state index in [4.69, 9.17) is 35.4 Å². The number of halogens is 2. The van der Waals surface area contributed by atoms with Crippen molar-refractivity contribution in [2.75, 3.05) is 0 Å². The second-order valence-electron chi connectivity index (χ2n) is 5.38. The van der Waals surface area contributed by atoms with E-state index in [1.165, 1.54) is 0 Å². The smallest absolute Gasteiger partial charge is 0.331 e. The monoisotopic (exact) mass is 423 g/mol. The molecule has 1 atom stereocenters. The molecule has 26 heavy (non-hydrogen) atoms. The molecule has 2 aromatic rings. The molecule has 8 heteroatoms. The number of thioether (sulfide) groups is 1. The number of carbonyl (C=O) groups excluding carboxylic acids is 1. The second-order valence-corrected chi connectivity index (χ2v) is 7.87. The first kappa shape index (κ1) is 18.9. The molecule has 132 valence electrons. The molecular weight excluding hydrogens is 413 g/mol. The van der Waals surface area contributed by atoms with Crippen LogP contribution >= 0.6 is 47.2 Å². The lowest BCUT2D eigenvalue weighted by molar-refractivity contribution is -0.145. The van der Waals surface area contributed by atoms with Crippen LogP contribution in [0.25, 0.3) is 6.08 Å². The highest BCUT2D eigenvalue weighted by Crippen LogP contribution is 2.38. The summed E-state index contributed by atoms with van der Waals surface area (Å²) in [6.07, 6.45) is 1.62. The van der Waals surface area contributed by atoms with Crippen molar-refractivity contribution >= 4 is 69.5 Å². The Hall–Kier alpha value is -1.86. The minimum Gasteiger partial charge on any atom is -0.479 e. The summed E-state index contributed by atoms with van der Waals surface area (Å²) in [5.41, 5.74) is 1.15. The van der Waals surface area contributed by atoms with Crippen LogP contribution in [-0.2, 0) is 9.59 Å². The maximum atomic E-state index is 12.8. The molecule has 1 aliphatic rings. The summed E-state index contributed by atoms with van der Waals surface area (Å²) in [6.45, 7) is 0. The number of aliphatic carboxylic acids is 1. The van der Waals surface area contributed by atoms with Crippen molar-refractivity contribution in [1.82, 2.24) is 4.90 Å². The third-order valence-electron chi connectivity index (χ3n) is 3.67. The van der Waals surface area contributed by atoms with Crippen molar-refractivity contribution in [3.8, 4) is 0 Å². The molecule has 1 fully saturated rings. The van der Waals surface area contributed by atoms with Crippen molar-refractivity contribution in [3.63, 3.8) is 0 Å². The summed E-state index contributed by atoms with van der Waals surface area (Å²) in [5.74, 6) is -1.61. The molecule has 0 aliphatic carbocycles. The molecule has 2 aromatic carbocycles. The summed E-state index contributed by atoms with van der Waals surface area (Å²) in [5, 5.41) is 10.4. The van der Waals surface area contributed by atoms with Crippen molar-refractivity contribution in [3.05, 3.63) is 74.6 Å². The van der Waals surface area contributed by atoms with Gasteiger partial charge in [0.25, 0.3) is 5.91 Å². The van der Waals surface area contributed by atoms with E-state index < -0.39 is 17.9 Å². The van der Waals surface area contributed by atoms with Gasteiger partial charge in [-0.3, -0.25) is 9.69 Å². The number of hydrogen-bond acceptors (Lipinski definition) is 4. The zero-order valence-electron chi connectivity index (χ0n) is 13.1. The summed E-state index contributed by atoms with van der Waals surface area (Å²) in [7, 11) is 0. The van der Waals surface area contributed by atoms with Crippen LogP contribution < -0.4 is 0 Å². The lowest BCUT2D eigenvalue weighted by Crippen LogP contribution is -2.37. The molecule has 1 unspecified atom stereocenters. The average Bonchev–Trinajstić information content (AvgIpc) is 2.87. The molecule has 1 aliphatic heterocycles. The standard InChI is InChI=1S/C18H11Cl2NO3S2/c19-12-7-6-10(8-13(12)20)9-14-16(22)21(18(25)26-14)15(17(23)24)11-4-2-1-3-5-11/h1-9,15H,(H,23,24)/b14-9-. The van der Waals surface area contributed by atoms with E-state index in [-0.39, 0.29) is 4.32 Å². The number of thiocarbonyl (C=S) groups is 1. The Morgan fingerprint density at radius 3 is 2.46 bits per heavy atom. The molecule has 1 N–H and O–H groups in total. The Labute approximate surface area is 169 Å². The molecule has 1 amide bonds. The topological polar surface area (TPSA) is 57.6 Å². The number of nitrogens with zero attached hydrogens (tertiary/aromatic N) is 1. The van der Waals surface area contributed by atoms with Gasteiger partial charge in [-0.1, -0.05) is 83.6 Å². The van der Waals surface area contributed by atoms with Gasteiger partial charge in [-0.2, -0.15) is 0 Å². The Morgan fingerprint density at radius 1 is 1.15 bits per heavy atom. The predicted molar refractivity (Wildman–Crippen MR) is 108 cm³/mol. The lowest BCUT2D eigenvalue weighted by Gasteiger charge is -2.23. The fourth-order valence-corrected chi connectivity index (χ4v) is 4.11. The van der Waals surface area contributed by atoms with Gasteiger partial charge in [-0.05, 0) is 29.3 Å². The second kappa shape index (κ2) is 7.80. The number of carboxylic acid groups (broad SMARTS) is 1. The quantitative estimate of drug-likeness (QED) is 0.552. The van der Waals surface area contributed by atoms with E-state index in [0.29, 0.717) is 26.1 Å². The van der Waals surface area contributed by atoms with Crippen molar-refractivity contribution in [1.29, 1.82) is 0 Å². The van der Waals surface area contributed by atoms with E-state index in [0.717, 1.165) is 16.7 Å². The van der Waals surface area contributed by atoms with Gasteiger partial charge in [0, 0.05) is 0 Å². The van der Waals surface area contributed by atoms with Crippen molar-refractivity contribution in [2.45, 2.75) is 6.04 Å². The van der Waals surface area contributed by atoms with Crippen LogP contribution in [0, 0.1) is 0 Å². The van der Waals surface area contributed by atoms with E-state index in [2.05, 4.69) is 0 Å². The Kier molecular flexibility index (Phi) is 5.67. The van der Waals surface area contributed by atoms with Gasteiger partial charge in [0.1, 0.15) is 4.32 Å². The van der Waals surface area contributed by atoms with Gasteiger partial charge in [0.15, 0.2) is 6.04 Å². The highest BCUT2D eigenvalue weighted by Gasteiger charge is 2.41. The van der Waals surface area contributed by atoms with Crippen LogP contribution in [0.5, 0.6) is 0 Å². The molecule has 0 aromatic heterocycles. The van der Waals surface area contributed by atoms with Crippen LogP contribution in [0.3, 0.4) is 0 Å². The van der Waals surface area contributed by atoms with E-state index >= 15 is 0 Å². The van der Waals surface area contributed by atoms with Gasteiger partial charge in [0.2, 0.25) is 0 Å². The molecule has 3 rings (SSSR count). The van der Waals surface area contributed by atoms with Crippen LogP contribution in [0.1, 0.15) is 17.2 Å². The zero-order valence-corrected chi connectivity index (χ0v) is 16.2. The SMILES string of the molecule is O=C(O)C(c1ccccc1)N1C(=O)/C(=C/c2ccc(Cl)c(Cl)c2)SC1=S. The molecule has 0 saturated carbocycles. The van der Waals surface area contributed by atoms with Gasteiger partial charge >= 0.3 is 5.97 Å². The lowest BCUT2D eigenvalue weighted by atomic mass is 10.1. The van der Waals surface area contributed by atoms with Crippen molar-refractivity contribution < 1.29 is 14.7 Å². The zero-order chi connectivity index (χ0) is 18.8. The first-order chi connectivity index (χ1) is 12.4. The third kappa shape index (κ3) is 3.78. The maximum absolute atomic E-state index is 12.8. The Morgan fingerprint density at radius 2 is 1.85 bits per heavy atom. The molecule has 0 bridgehead atoms. The molecule has 0 spiro atoms. The summed E-state index contributed by atoms with van der Waals surface area (Å²) in [4.78, 5) is 26.1. The van der Waals surface area contributed by atoms with E-state index in [1.807, 2.05) is 0 Å². The maximum Gasteiger partial charge on any atom is 0.331 e. The summed E-state index contributed by atoms with van der Waals surface area (Å²) >= 11 is 18.2. The minimum absolute atomic E-state index is 0.192. The molecule has 1 heterocycles. The van der Waals surface area contributed by atoms with E-state index in [1.54, 1.807) is 54.6 Å². The minimum atomic E-state index is -1.18. The Bertz CT molecular complexity index is 931. The fourth-order valence-electron chi connectivity index (χ4n) is 2.49. The largest absolute Gasteiger partial charge is 0.479 e. The summed E-state index contributed by atoms with van der Waals surface area (Å²) < 4.78 is 0.192. The van der Waals surface area contributed by atoms with Crippen LogP contribution in [0.2, 0.25) is 10.0 Å². The van der Waals surface area contributed by atoms with Gasteiger partial charge in [-0.25, -0.2) is 4.79 Å². The predicted octanol–water partition coefficient (Wildman–Crippen LogP) is 5.02. The third-order valence-corrected chi connectivity index (χ3v) is 5.74. The first-order valence-corrected chi connectivity index (χ1v) is 9.36. The fraction of sp³-hybridized carbons (Fsp3) is 0.0556. The van der Waals surface area contributed by atoms with Crippen LogP contribution in [0.4, 0.5) is 0 Å². The number of rotatable bonds is 4. The summed E-state index contributed by atoms with van der Waals surface area (Å²) in [6, 6.07) is 12.3. The average molecular weight is 424 g/mol. The van der Waals surface area contributed by atoms with Crippen LogP contribution in [0.15, 0.2) is 53.4 Å². The van der Waals surface area contributed by atoms with Gasteiger partial charge in [-0.15, -0.1) is 0 Å². The number of hydrogen-bond donors (Lipinski definition) is 1. The number of carboxylic acids is 1. The molecule has 1 saturated heterocycles. The van der Waals surface area contributed by atoms with Gasteiger partial charge < -0.3 is 5.11 Å². The normalized spacial score (nSPS) is 17.0. The van der Waals surface area contributed by atoms with E-state index in [9.17, 15) is 14.7 Å². The number of benzene rings is 2. The van der Waals surface area contributed by atoms with Crippen LogP contribution in [-0.4, -0.2) is 26.2 Å².